The van der Waals surface area contributed by atoms with Crippen molar-refractivity contribution in [3.8, 4) is 17.1 Å². The minimum absolute atomic E-state index is 0.0307. The lowest BCUT2D eigenvalue weighted by molar-refractivity contribution is -0.138. The molecule has 0 saturated carbocycles. The summed E-state index contributed by atoms with van der Waals surface area (Å²) in [5.41, 5.74) is 0.479. The number of aromatic nitrogens is 2. The summed E-state index contributed by atoms with van der Waals surface area (Å²) in [4.78, 5) is 42.0. The van der Waals surface area contributed by atoms with Crippen molar-refractivity contribution in [1.82, 2.24) is 25.1 Å². The minimum Gasteiger partial charge on any atom is -0.477 e. The fraction of sp³-hybridized carbons (Fsp3) is 0.438. The average Bonchev–Trinajstić information content (AvgIpc) is 3.44. The number of halogens is 4. The van der Waals surface area contributed by atoms with Crippen LogP contribution in [0.3, 0.4) is 0 Å². The fourth-order valence-corrected chi connectivity index (χ4v) is 6.13. The molecule has 2 atom stereocenters. The lowest BCUT2D eigenvalue weighted by atomic mass is 10.0. The molecule has 2 fully saturated rings. The van der Waals surface area contributed by atoms with Gasteiger partial charge in [-0.2, -0.15) is 13.2 Å². The maximum atomic E-state index is 13.8. The summed E-state index contributed by atoms with van der Waals surface area (Å²) in [5, 5.41) is 3.03. The Morgan fingerprint density at radius 1 is 1.09 bits per heavy atom. The molecular formula is C32H36ClF3N6O3. The number of amides is 2. The Labute approximate surface area is 265 Å². The summed E-state index contributed by atoms with van der Waals surface area (Å²) < 4.78 is 47.1. The number of hydrogen-bond acceptors (Lipinski definition) is 7. The van der Waals surface area contributed by atoms with Crippen LogP contribution in [0.5, 0.6) is 5.88 Å². The molecule has 2 aromatic heterocycles. The topological polar surface area (TPSA) is 90.9 Å². The van der Waals surface area contributed by atoms with Gasteiger partial charge in [0.15, 0.2) is 5.69 Å². The van der Waals surface area contributed by atoms with E-state index in [9.17, 15) is 22.8 Å². The highest BCUT2D eigenvalue weighted by atomic mass is 35.5. The second-order valence-corrected chi connectivity index (χ2v) is 11.7. The van der Waals surface area contributed by atoms with Crippen molar-refractivity contribution in [3.63, 3.8) is 0 Å². The molecule has 45 heavy (non-hydrogen) atoms. The number of pyridine rings is 2. The third kappa shape index (κ3) is 7.17. The monoisotopic (exact) mass is 644 g/mol. The van der Waals surface area contributed by atoms with Crippen molar-refractivity contribution in [1.29, 1.82) is 0 Å². The number of anilines is 1. The highest BCUT2D eigenvalue weighted by Crippen LogP contribution is 2.36. The summed E-state index contributed by atoms with van der Waals surface area (Å²) >= 11 is 5.84. The van der Waals surface area contributed by atoms with Crippen molar-refractivity contribution in [3.05, 3.63) is 70.5 Å². The summed E-state index contributed by atoms with van der Waals surface area (Å²) in [5.74, 6) is -0.629. The van der Waals surface area contributed by atoms with Crippen LogP contribution in [-0.2, 0) is 6.18 Å². The molecule has 3 aromatic rings. The van der Waals surface area contributed by atoms with Crippen LogP contribution in [0.15, 0.2) is 48.7 Å². The van der Waals surface area contributed by atoms with Gasteiger partial charge in [-0.1, -0.05) is 18.5 Å². The quantitative estimate of drug-likeness (QED) is 0.352. The van der Waals surface area contributed by atoms with Crippen LogP contribution >= 0.6 is 11.6 Å². The standard InChI is InChI=1S/C32H36ClF3N6O3/c1-4-22-19-41(31(44)23-9-8-20(33)17-25(23)32(34,35)36)15-16-42(22)27-11-10-26(24-7-6-13-37-30(24)45-5-2)39-28(27)29(43)38-21-12-14-40(3)18-21/h6-11,13,17,21-22H,4-5,12,14-16,18-19H2,1-3H3,(H,38,43)/t21-,22-/m1/s1. The number of nitrogens with one attached hydrogen (secondary N) is 1. The van der Waals surface area contributed by atoms with Gasteiger partial charge < -0.3 is 24.8 Å². The molecule has 2 aliphatic heterocycles. The molecule has 4 heterocycles. The molecule has 0 radical (unpaired) electrons. The van der Waals surface area contributed by atoms with Crippen LogP contribution in [-0.4, -0.2) is 90.0 Å². The van der Waals surface area contributed by atoms with Crippen molar-refractivity contribution in [2.45, 2.75) is 44.9 Å². The van der Waals surface area contributed by atoms with Crippen molar-refractivity contribution in [2.75, 3.05) is 51.3 Å². The molecule has 5 rings (SSSR count). The molecule has 13 heteroatoms. The summed E-state index contributed by atoms with van der Waals surface area (Å²) in [6.45, 7) is 6.42. The second kappa shape index (κ2) is 13.6. The van der Waals surface area contributed by atoms with E-state index in [-0.39, 0.29) is 41.8 Å². The number of hydrogen-bond donors (Lipinski definition) is 1. The van der Waals surface area contributed by atoms with Crippen LogP contribution in [0, 0.1) is 0 Å². The van der Waals surface area contributed by atoms with E-state index >= 15 is 0 Å². The van der Waals surface area contributed by atoms with Gasteiger partial charge in [-0.3, -0.25) is 9.59 Å². The Morgan fingerprint density at radius 2 is 1.89 bits per heavy atom. The van der Waals surface area contributed by atoms with E-state index in [1.165, 1.54) is 11.0 Å². The largest absolute Gasteiger partial charge is 0.477 e. The SMILES string of the molecule is CCOc1ncccc1-c1ccc(N2CCN(C(=O)c3ccc(Cl)cc3C(F)(F)F)C[C@H]2CC)c(C(=O)N[C@@H]2CCN(C)C2)n1. The third-order valence-electron chi connectivity index (χ3n) is 8.21. The van der Waals surface area contributed by atoms with Gasteiger partial charge >= 0.3 is 6.18 Å². The van der Waals surface area contributed by atoms with Gasteiger partial charge in [0.25, 0.3) is 11.8 Å². The molecular weight excluding hydrogens is 609 g/mol. The van der Waals surface area contributed by atoms with Gasteiger partial charge in [-0.15, -0.1) is 0 Å². The smallest absolute Gasteiger partial charge is 0.417 e. The second-order valence-electron chi connectivity index (χ2n) is 11.3. The zero-order valence-electron chi connectivity index (χ0n) is 25.4. The number of alkyl halides is 3. The van der Waals surface area contributed by atoms with Crippen molar-refractivity contribution in [2.24, 2.45) is 0 Å². The van der Waals surface area contributed by atoms with Crippen LogP contribution in [0.25, 0.3) is 11.3 Å². The summed E-state index contributed by atoms with van der Waals surface area (Å²) in [6.07, 6.45) is -1.72. The Bertz CT molecular complexity index is 1550. The zero-order valence-corrected chi connectivity index (χ0v) is 26.2. The van der Waals surface area contributed by atoms with Crippen LogP contribution in [0.1, 0.15) is 53.1 Å². The zero-order chi connectivity index (χ0) is 32.3. The molecule has 0 bridgehead atoms. The highest BCUT2D eigenvalue weighted by Gasteiger charge is 2.38. The third-order valence-corrected chi connectivity index (χ3v) is 8.45. The first kappa shape index (κ1) is 32.5. The maximum Gasteiger partial charge on any atom is 0.417 e. The number of likely N-dealkylation sites (N-methyl/N-ethyl adjacent to an activating group) is 1. The van der Waals surface area contributed by atoms with Crippen molar-refractivity contribution < 1.29 is 27.5 Å². The van der Waals surface area contributed by atoms with Crippen molar-refractivity contribution >= 4 is 29.1 Å². The Balaban J connectivity index is 1.47. The average molecular weight is 645 g/mol. The summed E-state index contributed by atoms with van der Waals surface area (Å²) in [6, 6.07) is 10.1. The van der Waals surface area contributed by atoms with E-state index in [2.05, 4.69) is 15.2 Å². The number of ether oxygens (including phenoxy) is 1. The first-order valence-electron chi connectivity index (χ1n) is 15.0. The first-order valence-corrected chi connectivity index (χ1v) is 15.4. The normalized spacial score (nSPS) is 19.1. The number of nitrogens with zero attached hydrogens (tertiary/aromatic N) is 5. The Kier molecular flexibility index (Phi) is 9.83. The van der Waals surface area contributed by atoms with E-state index in [4.69, 9.17) is 21.3 Å². The van der Waals surface area contributed by atoms with E-state index in [1.54, 1.807) is 12.3 Å². The number of carbonyl (C=O) groups is 2. The lowest BCUT2D eigenvalue weighted by Gasteiger charge is -2.43. The molecule has 240 valence electrons. The molecule has 1 aromatic carbocycles. The van der Waals surface area contributed by atoms with Gasteiger partial charge in [0.2, 0.25) is 5.88 Å². The fourth-order valence-electron chi connectivity index (χ4n) is 5.96. The molecule has 0 unspecified atom stereocenters. The van der Waals surface area contributed by atoms with Gasteiger partial charge in [0.05, 0.1) is 34.7 Å². The van der Waals surface area contributed by atoms with E-state index in [0.29, 0.717) is 42.4 Å². The number of benzene rings is 1. The van der Waals surface area contributed by atoms with Crippen LogP contribution in [0.4, 0.5) is 18.9 Å². The van der Waals surface area contributed by atoms with Gasteiger partial charge in [-0.05, 0) is 75.8 Å². The van der Waals surface area contributed by atoms with E-state index in [0.717, 1.165) is 31.6 Å². The molecule has 2 amide bonds. The van der Waals surface area contributed by atoms with Gasteiger partial charge in [-0.25, -0.2) is 9.97 Å². The molecule has 0 spiro atoms. The van der Waals surface area contributed by atoms with Gasteiger partial charge in [0.1, 0.15) is 0 Å². The van der Waals surface area contributed by atoms with E-state index < -0.39 is 23.2 Å². The predicted octanol–water partition coefficient (Wildman–Crippen LogP) is 5.39. The Morgan fingerprint density at radius 3 is 2.58 bits per heavy atom. The predicted molar refractivity (Wildman–Crippen MR) is 166 cm³/mol. The number of piperazine rings is 1. The maximum absolute atomic E-state index is 13.8. The first-order chi connectivity index (χ1) is 21.5. The van der Waals surface area contributed by atoms with Crippen LogP contribution < -0.4 is 15.0 Å². The number of rotatable bonds is 8. The number of likely N-dealkylation sites (tertiary alicyclic amines) is 1. The highest BCUT2D eigenvalue weighted by molar-refractivity contribution is 6.30. The Hall–Kier alpha value is -3.90. The lowest BCUT2D eigenvalue weighted by Crippen LogP contribution is -2.55. The molecule has 9 nitrogen and oxygen atoms in total. The minimum atomic E-state index is -4.73. The van der Waals surface area contributed by atoms with Crippen LogP contribution in [0.2, 0.25) is 5.02 Å². The van der Waals surface area contributed by atoms with Gasteiger partial charge in [0, 0.05) is 49.5 Å². The molecule has 2 saturated heterocycles. The number of carbonyl (C=O) groups excluding carboxylic acids is 2. The molecule has 2 aliphatic rings. The molecule has 1 N–H and O–H groups in total. The van der Waals surface area contributed by atoms with E-state index in [1.807, 2.05) is 44.0 Å². The molecule has 0 aliphatic carbocycles. The summed E-state index contributed by atoms with van der Waals surface area (Å²) in [7, 11) is 2.00.